The van der Waals surface area contributed by atoms with Gasteiger partial charge in [0.1, 0.15) is 6.61 Å². The van der Waals surface area contributed by atoms with Crippen LogP contribution in [0.25, 0.3) is 6.08 Å². The summed E-state index contributed by atoms with van der Waals surface area (Å²) in [6, 6.07) is 16.9. The molecule has 0 spiro atoms. The molecule has 0 aliphatic heterocycles. The van der Waals surface area contributed by atoms with Gasteiger partial charge in [0.05, 0.1) is 0 Å². The van der Waals surface area contributed by atoms with Crippen LogP contribution in [-0.2, 0) is 16.1 Å². The largest absolute Gasteiger partial charge is 0.458 e. The Morgan fingerprint density at radius 1 is 1.05 bits per heavy atom. The lowest BCUT2D eigenvalue weighted by Crippen LogP contribution is -2.01. The summed E-state index contributed by atoms with van der Waals surface area (Å²) < 4.78 is 5.12. The first-order valence-electron chi connectivity index (χ1n) is 5.89. The molecule has 0 radical (unpaired) electrons. The molecule has 0 atom stereocenters. The summed E-state index contributed by atoms with van der Waals surface area (Å²) in [4.78, 5) is 11.5. The zero-order valence-corrected chi connectivity index (χ0v) is 11.0. The molecule has 0 unspecified atom stereocenters. The topological polar surface area (TPSA) is 26.3 Å². The van der Waals surface area contributed by atoms with Crippen molar-refractivity contribution in [2.24, 2.45) is 0 Å². The molecule has 2 rings (SSSR count). The number of ether oxygens (including phenoxy) is 1. The highest BCUT2D eigenvalue weighted by Crippen LogP contribution is 2.15. The minimum atomic E-state index is -0.385. The fourth-order valence-electron chi connectivity index (χ4n) is 1.54. The minimum Gasteiger partial charge on any atom is -0.458 e. The smallest absolute Gasteiger partial charge is 0.331 e. The van der Waals surface area contributed by atoms with Gasteiger partial charge in [-0.1, -0.05) is 60.1 Å². The van der Waals surface area contributed by atoms with E-state index in [1.54, 1.807) is 12.1 Å². The van der Waals surface area contributed by atoms with Gasteiger partial charge in [0.25, 0.3) is 0 Å². The van der Waals surface area contributed by atoms with E-state index >= 15 is 0 Å². The van der Waals surface area contributed by atoms with Gasteiger partial charge in [0.15, 0.2) is 0 Å². The molecule has 0 aliphatic carbocycles. The van der Waals surface area contributed by atoms with Crippen LogP contribution in [0.5, 0.6) is 0 Å². The molecular formula is C16H13ClO2. The third-order valence-corrected chi connectivity index (χ3v) is 2.91. The van der Waals surface area contributed by atoms with Crippen molar-refractivity contribution < 1.29 is 9.53 Å². The van der Waals surface area contributed by atoms with Gasteiger partial charge in [-0.05, 0) is 17.7 Å². The van der Waals surface area contributed by atoms with Crippen molar-refractivity contribution in [3.05, 3.63) is 76.8 Å². The van der Waals surface area contributed by atoms with Crippen molar-refractivity contribution >= 4 is 23.6 Å². The maximum absolute atomic E-state index is 11.5. The second-order valence-corrected chi connectivity index (χ2v) is 4.35. The lowest BCUT2D eigenvalue weighted by Gasteiger charge is -2.03. The van der Waals surface area contributed by atoms with Gasteiger partial charge in [-0.3, -0.25) is 0 Å². The van der Waals surface area contributed by atoms with Gasteiger partial charge in [-0.15, -0.1) is 0 Å². The normalized spacial score (nSPS) is 10.6. The molecule has 96 valence electrons. The van der Waals surface area contributed by atoms with Crippen molar-refractivity contribution in [3.8, 4) is 0 Å². The maximum atomic E-state index is 11.5. The number of carbonyl (C=O) groups excluding carboxylic acids is 1. The van der Waals surface area contributed by atoms with Gasteiger partial charge in [0.2, 0.25) is 0 Å². The third kappa shape index (κ3) is 4.27. The highest BCUT2D eigenvalue weighted by molar-refractivity contribution is 6.31. The van der Waals surface area contributed by atoms with Crippen molar-refractivity contribution in [2.75, 3.05) is 0 Å². The summed E-state index contributed by atoms with van der Waals surface area (Å²) in [6.07, 6.45) is 3.13. The Morgan fingerprint density at radius 2 is 1.74 bits per heavy atom. The van der Waals surface area contributed by atoms with E-state index in [9.17, 15) is 4.79 Å². The molecule has 3 heteroatoms. The number of carbonyl (C=O) groups is 1. The summed E-state index contributed by atoms with van der Waals surface area (Å²) >= 11 is 5.97. The predicted molar refractivity (Wildman–Crippen MR) is 76.7 cm³/mol. The fourth-order valence-corrected chi connectivity index (χ4v) is 1.73. The van der Waals surface area contributed by atoms with Crippen molar-refractivity contribution in [1.82, 2.24) is 0 Å². The summed E-state index contributed by atoms with van der Waals surface area (Å²) in [6.45, 7) is 0.178. The molecule has 0 saturated carbocycles. The number of benzene rings is 2. The van der Waals surface area contributed by atoms with E-state index in [0.717, 1.165) is 11.1 Å². The molecule has 2 aromatic rings. The lowest BCUT2D eigenvalue weighted by atomic mass is 10.2. The Labute approximate surface area is 117 Å². The van der Waals surface area contributed by atoms with E-state index in [-0.39, 0.29) is 12.6 Å². The number of esters is 1. The minimum absolute atomic E-state index is 0.178. The van der Waals surface area contributed by atoms with Crippen LogP contribution >= 0.6 is 11.6 Å². The molecule has 0 aliphatic rings. The van der Waals surface area contributed by atoms with Gasteiger partial charge in [-0.2, -0.15) is 0 Å². The van der Waals surface area contributed by atoms with E-state index in [4.69, 9.17) is 16.3 Å². The molecule has 0 aromatic heterocycles. The second kappa shape index (κ2) is 6.76. The number of hydrogen-bond donors (Lipinski definition) is 0. The molecule has 0 amide bonds. The molecular weight excluding hydrogens is 260 g/mol. The van der Waals surface area contributed by atoms with E-state index in [1.807, 2.05) is 48.5 Å². The van der Waals surface area contributed by atoms with Crippen molar-refractivity contribution in [1.29, 1.82) is 0 Å². The lowest BCUT2D eigenvalue weighted by molar-refractivity contribution is -0.138. The van der Waals surface area contributed by atoms with Crippen LogP contribution in [-0.4, -0.2) is 5.97 Å². The van der Waals surface area contributed by atoms with Gasteiger partial charge in [0, 0.05) is 16.7 Å². The first-order valence-corrected chi connectivity index (χ1v) is 6.27. The van der Waals surface area contributed by atoms with Crippen molar-refractivity contribution in [2.45, 2.75) is 6.61 Å². The van der Waals surface area contributed by atoms with Gasteiger partial charge in [-0.25, -0.2) is 4.79 Å². The number of hydrogen-bond acceptors (Lipinski definition) is 2. The van der Waals surface area contributed by atoms with Crippen LogP contribution in [0.2, 0.25) is 5.02 Å². The summed E-state index contributed by atoms with van der Waals surface area (Å²) in [7, 11) is 0. The van der Waals surface area contributed by atoms with Gasteiger partial charge >= 0.3 is 5.97 Å². The first kappa shape index (κ1) is 13.4. The van der Waals surface area contributed by atoms with Crippen LogP contribution in [0.15, 0.2) is 60.7 Å². The summed E-state index contributed by atoms with van der Waals surface area (Å²) in [5.41, 5.74) is 1.75. The Kier molecular flexibility index (Phi) is 4.76. The molecule has 0 N–H and O–H groups in total. The van der Waals surface area contributed by atoms with Crippen molar-refractivity contribution in [3.63, 3.8) is 0 Å². The Balaban J connectivity index is 1.89. The van der Waals surface area contributed by atoms with Gasteiger partial charge < -0.3 is 4.74 Å². The predicted octanol–water partition coefficient (Wildman–Crippen LogP) is 4.10. The Bertz CT molecular complexity index is 576. The number of halogens is 1. The zero-order valence-electron chi connectivity index (χ0n) is 10.3. The van der Waals surface area contributed by atoms with Crippen LogP contribution in [0.4, 0.5) is 0 Å². The summed E-state index contributed by atoms with van der Waals surface area (Å²) in [5.74, 6) is -0.385. The summed E-state index contributed by atoms with van der Waals surface area (Å²) in [5, 5.41) is 0.599. The van der Waals surface area contributed by atoms with E-state index < -0.39 is 0 Å². The number of rotatable bonds is 4. The molecule has 0 bridgehead atoms. The molecule has 0 saturated heterocycles. The third-order valence-electron chi connectivity index (χ3n) is 2.54. The maximum Gasteiger partial charge on any atom is 0.331 e. The Hall–Kier alpha value is -2.06. The van der Waals surface area contributed by atoms with Crippen LogP contribution < -0.4 is 0 Å². The molecule has 0 fully saturated rings. The first-order chi connectivity index (χ1) is 9.25. The zero-order chi connectivity index (χ0) is 13.5. The highest BCUT2D eigenvalue weighted by atomic mass is 35.5. The monoisotopic (exact) mass is 272 g/mol. The quantitative estimate of drug-likeness (QED) is 0.619. The SMILES string of the molecule is O=C(C=Cc1ccccc1)OCc1ccccc1Cl. The molecule has 19 heavy (non-hydrogen) atoms. The average molecular weight is 273 g/mol. The molecule has 2 aromatic carbocycles. The van der Waals surface area contributed by atoms with Crippen LogP contribution in [0.1, 0.15) is 11.1 Å². The van der Waals surface area contributed by atoms with Crippen LogP contribution in [0.3, 0.4) is 0 Å². The van der Waals surface area contributed by atoms with E-state index in [0.29, 0.717) is 5.02 Å². The van der Waals surface area contributed by atoms with Crippen LogP contribution in [0, 0.1) is 0 Å². The fraction of sp³-hybridized carbons (Fsp3) is 0.0625. The van der Waals surface area contributed by atoms with E-state index in [2.05, 4.69) is 0 Å². The average Bonchev–Trinajstić information content (AvgIpc) is 2.45. The van der Waals surface area contributed by atoms with E-state index in [1.165, 1.54) is 6.08 Å². The highest BCUT2D eigenvalue weighted by Gasteiger charge is 2.02. The molecule has 0 heterocycles. The standard InChI is InChI=1S/C16H13ClO2/c17-15-9-5-4-8-14(15)12-19-16(18)11-10-13-6-2-1-3-7-13/h1-11H,12H2. The second-order valence-electron chi connectivity index (χ2n) is 3.94. The molecule has 2 nitrogen and oxygen atoms in total. The Morgan fingerprint density at radius 3 is 2.47 bits per heavy atom.